The molecule has 0 bridgehead atoms. The molecular weight excluding hydrogens is 246 g/mol. The number of hydrogen-bond acceptors (Lipinski definition) is 2. The average Bonchev–Trinajstić information content (AvgIpc) is 2.84. The van der Waals surface area contributed by atoms with Crippen molar-refractivity contribution in [2.75, 3.05) is 0 Å². The van der Waals surface area contributed by atoms with Crippen LogP contribution in [0.15, 0.2) is 12.3 Å². The molecule has 108 valence electrons. The third kappa shape index (κ3) is 2.77. The van der Waals surface area contributed by atoms with E-state index >= 15 is 0 Å². The van der Waals surface area contributed by atoms with Gasteiger partial charge in [0.15, 0.2) is 0 Å². The predicted molar refractivity (Wildman–Crippen MR) is 83.2 cm³/mol. The Kier molecular flexibility index (Phi) is 4.26. The van der Waals surface area contributed by atoms with Crippen molar-refractivity contribution >= 4 is 0 Å². The molecule has 0 aliphatic heterocycles. The van der Waals surface area contributed by atoms with E-state index < -0.39 is 0 Å². The summed E-state index contributed by atoms with van der Waals surface area (Å²) in [5.41, 5.74) is 8.16. The van der Waals surface area contributed by atoms with Crippen molar-refractivity contribution in [2.24, 2.45) is 0 Å². The molecule has 20 heavy (non-hydrogen) atoms. The molecule has 1 heterocycles. The number of rotatable bonds is 4. The number of aromatic nitrogens is 3. The van der Waals surface area contributed by atoms with E-state index in [-0.39, 0.29) is 0 Å². The second kappa shape index (κ2) is 5.78. The van der Waals surface area contributed by atoms with E-state index in [9.17, 15) is 0 Å². The molecular formula is C17H25N3. The molecule has 0 aliphatic rings. The molecule has 2 aromatic rings. The molecule has 0 fully saturated rings. The maximum atomic E-state index is 4.27. The minimum Gasteiger partial charge on any atom is -0.253 e. The highest BCUT2D eigenvalue weighted by Gasteiger charge is 2.16. The minimum absolute atomic E-state index is 0.468. The maximum Gasteiger partial charge on any atom is 0.0833 e. The number of aryl methyl sites for hydroxylation is 3. The van der Waals surface area contributed by atoms with E-state index in [1.807, 2.05) is 4.68 Å². The summed E-state index contributed by atoms with van der Waals surface area (Å²) in [6, 6.07) is 2.29. The molecule has 0 saturated heterocycles. The fourth-order valence-electron chi connectivity index (χ4n) is 2.99. The quantitative estimate of drug-likeness (QED) is 0.845. The molecule has 3 nitrogen and oxygen atoms in total. The monoisotopic (exact) mass is 271 g/mol. The Morgan fingerprint density at radius 2 is 1.70 bits per heavy atom. The van der Waals surface area contributed by atoms with Gasteiger partial charge in [-0.2, -0.15) is 0 Å². The Bertz CT molecular complexity index is 585. The topological polar surface area (TPSA) is 30.7 Å². The van der Waals surface area contributed by atoms with Gasteiger partial charge in [0.25, 0.3) is 0 Å². The van der Waals surface area contributed by atoms with Crippen LogP contribution in [-0.2, 0) is 13.0 Å². The van der Waals surface area contributed by atoms with E-state index in [4.69, 9.17) is 0 Å². The second-order valence-corrected chi connectivity index (χ2v) is 5.84. The molecule has 0 radical (unpaired) electrons. The highest BCUT2D eigenvalue weighted by molar-refractivity contribution is 5.46. The van der Waals surface area contributed by atoms with Crippen molar-refractivity contribution in [2.45, 2.75) is 60.4 Å². The molecule has 1 atom stereocenters. The average molecular weight is 271 g/mol. The summed E-state index contributed by atoms with van der Waals surface area (Å²) < 4.78 is 1.89. The van der Waals surface area contributed by atoms with Crippen LogP contribution in [0.4, 0.5) is 0 Å². The minimum atomic E-state index is 0.468. The molecule has 0 saturated carbocycles. The number of nitrogens with zero attached hydrogens (tertiary/aromatic N) is 3. The van der Waals surface area contributed by atoms with Gasteiger partial charge in [-0.15, -0.1) is 5.10 Å². The number of benzene rings is 1. The van der Waals surface area contributed by atoms with E-state index in [0.29, 0.717) is 5.92 Å². The molecule has 0 spiro atoms. The second-order valence-electron chi connectivity index (χ2n) is 5.84. The van der Waals surface area contributed by atoms with Crippen molar-refractivity contribution in [1.29, 1.82) is 0 Å². The first-order valence-electron chi connectivity index (χ1n) is 7.40. The van der Waals surface area contributed by atoms with E-state index in [0.717, 1.165) is 18.7 Å². The Morgan fingerprint density at radius 3 is 2.20 bits per heavy atom. The van der Waals surface area contributed by atoms with Crippen molar-refractivity contribution in [3.8, 4) is 0 Å². The van der Waals surface area contributed by atoms with Gasteiger partial charge in [0, 0.05) is 12.7 Å². The van der Waals surface area contributed by atoms with Crippen LogP contribution in [0.1, 0.15) is 53.3 Å². The molecule has 0 amide bonds. The van der Waals surface area contributed by atoms with Crippen molar-refractivity contribution in [1.82, 2.24) is 15.0 Å². The summed E-state index contributed by atoms with van der Waals surface area (Å²) >= 11 is 0. The summed E-state index contributed by atoms with van der Waals surface area (Å²) in [7, 11) is 0. The largest absolute Gasteiger partial charge is 0.253 e. The fraction of sp³-hybridized carbons (Fsp3) is 0.529. The van der Waals surface area contributed by atoms with E-state index in [2.05, 4.69) is 64.1 Å². The molecule has 1 aromatic heterocycles. The lowest BCUT2D eigenvalue weighted by molar-refractivity contribution is 0.626. The van der Waals surface area contributed by atoms with Crippen LogP contribution in [0.2, 0.25) is 0 Å². The molecule has 0 aliphatic carbocycles. The summed E-state index contributed by atoms with van der Waals surface area (Å²) in [5, 5.41) is 8.40. The van der Waals surface area contributed by atoms with Crippen molar-refractivity contribution in [3.05, 3.63) is 45.8 Å². The number of hydrogen-bond donors (Lipinski definition) is 0. The third-order valence-corrected chi connectivity index (χ3v) is 4.34. The van der Waals surface area contributed by atoms with E-state index in [1.165, 1.54) is 27.8 Å². The highest BCUT2D eigenvalue weighted by atomic mass is 15.4. The van der Waals surface area contributed by atoms with Crippen LogP contribution in [0.25, 0.3) is 0 Å². The van der Waals surface area contributed by atoms with Crippen LogP contribution in [0.3, 0.4) is 0 Å². The summed E-state index contributed by atoms with van der Waals surface area (Å²) in [6.45, 7) is 14.1. The lowest BCUT2D eigenvalue weighted by Gasteiger charge is -2.20. The van der Waals surface area contributed by atoms with Gasteiger partial charge in [-0.1, -0.05) is 18.2 Å². The Morgan fingerprint density at radius 1 is 1.10 bits per heavy atom. The van der Waals surface area contributed by atoms with Gasteiger partial charge in [0.1, 0.15) is 0 Å². The molecule has 0 N–H and O–H groups in total. The molecule has 1 unspecified atom stereocenters. The Labute approximate surface area is 122 Å². The highest BCUT2D eigenvalue weighted by Crippen LogP contribution is 2.30. The first kappa shape index (κ1) is 14.8. The lowest BCUT2D eigenvalue weighted by atomic mass is 9.85. The molecule has 2 rings (SSSR count). The van der Waals surface area contributed by atoms with Gasteiger partial charge in [0.2, 0.25) is 0 Å². The van der Waals surface area contributed by atoms with Crippen LogP contribution in [0.5, 0.6) is 0 Å². The third-order valence-electron chi connectivity index (χ3n) is 4.34. The normalized spacial score (nSPS) is 12.7. The van der Waals surface area contributed by atoms with Gasteiger partial charge < -0.3 is 0 Å². The first-order chi connectivity index (χ1) is 9.43. The van der Waals surface area contributed by atoms with Crippen LogP contribution in [-0.4, -0.2) is 15.0 Å². The molecule has 1 aromatic carbocycles. The first-order valence-corrected chi connectivity index (χ1v) is 7.40. The molecule has 3 heteroatoms. The summed E-state index contributed by atoms with van der Waals surface area (Å²) in [6.07, 6.45) is 3.01. The SMILES string of the molecule is CCn1cc(CC(C)c2c(C)c(C)cc(C)c2C)nn1. The van der Waals surface area contributed by atoms with Gasteiger partial charge in [0.05, 0.1) is 5.69 Å². The van der Waals surface area contributed by atoms with Crippen LogP contribution < -0.4 is 0 Å². The van der Waals surface area contributed by atoms with Gasteiger partial charge in [-0.25, -0.2) is 0 Å². The van der Waals surface area contributed by atoms with Crippen molar-refractivity contribution in [3.63, 3.8) is 0 Å². The van der Waals surface area contributed by atoms with Gasteiger partial charge in [-0.3, -0.25) is 4.68 Å². The van der Waals surface area contributed by atoms with Crippen LogP contribution in [0, 0.1) is 27.7 Å². The zero-order valence-corrected chi connectivity index (χ0v) is 13.5. The van der Waals surface area contributed by atoms with Crippen molar-refractivity contribution < 1.29 is 0 Å². The zero-order valence-electron chi connectivity index (χ0n) is 13.5. The van der Waals surface area contributed by atoms with E-state index in [1.54, 1.807) is 0 Å². The zero-order chi connectivity index (χ0) is 14.9. The Hall–Kier alpha value is -1.64. The fourth-order valence-corrected chi connectivity index (χ4v) is 2.99. The summed E-state index contributed by atoms with van der Waals surface area (Å²) in [5.74, 6) is 0.468. The maximum absolute atomic E-state index is 4.27. The standard InChI is InChI=1S/C17H25N3/c1-7-20-10-16(18-19-20)9-13(4)17-14(5)11(2)8-12(3)15(17)6/h8,10,13H,7,9H2,1-6H3. The lowest BCUT2D eigenvalue weighted by Crippen LogP contribution is -2.06. The van der Waals surface area contributed by atoms with Gasteiger partial charge in [-0.05, 0) is 74.8 Å². The predicted octanol–water partition coefficient (Wildman–Crippen LogP) is 3.88. The van der Waals surface area contributed by atoms with Crippen LogP contribution >= 0.6 is 0 Å². The van der Waals surface area contributed by atoms with Gasteiger partial charge >= 0.3 is 0 Å². The smallest absolute Gasteiger partial charge is 0.0833 e. The Balaban J connectivity index is 2.31. The summed E-state index contributed by atoms with van der Waals surface area (Å²) in [4.78, 5) is 0.